The molecule has 3 nitrogen and oxygen atoms in total. The molecule has 0 saturated heterocycles. The highest BCUT2D eigenvalue weighted by molar-refractivity contribution is 7.21. The van der Waals surface area contributed by atoms with E-state index in [1.165, 1.54) is 10.3 Å². The number of aliphatic hydroxyl groups is 1. The summed E-state index contributed by atoms with van der Waals surface area (Å²) >= 11 is 1.65. The second-order valence-electron chi connectivity index (χ2n) is 4.23. The Morgan fingerprint density at radius 1 is 1.22 bits per heavy atom. The fourth-order valence-electron chi connectivity index (χ4n) is 1.85. The van der Waals surface area contributed by atoms with Crippen molar-refractivity contribution in [2.45, 2.75) is 13.5 Å². The first-order chi connectivity index (χ1) is 8.76. The van der Waals surface area contributed by atoms with Gasteiger partial charge in [-0.2, -0.15) is 0 Å². The molecule has 90 valence electrons. The molecule has 0 fully saturated rings. The van der Waals surface area contributed by atoms with Crippen molar-refractivity contribution in [3.63, 3.8) is 0 Å². The van der Waals surface area contributed by atoms with Crippen LogP contribution in [0.3, 0.4) is 0 Å². The fourth-order valence-corrected chi connectivity index (χ4v) is 2.78. The van der Waals surface area contributed by atoms with E-state index < -0.39 is 0 Å². The number of nitrogens with zero attached hydrogens (tertiary/aromatic N) is 2. The highest BCUT2D eigenvalue weighted by Crippen LogP contribution is 2.30. The second kappa shape index (κ2) is 4.48. The van der Waals surface area contributed by atoms with Crippen LogP contribution in [-0.2, 0) is 6.61 Å². The Labute approximate surface area is 109 Å². The molecule has 18 heavy (non-hydrogen) atoms. The van der Waals surface area contributed by atoms with E-state index in [4.69, 9.17) is 5.11 Å². The van der Waals surface area contributed by atoms with Crippen molar-refractivity contribution < 1.29 is 5.11 Å². The maximum Gasteiger partial charge on any atom is 0.126 e. The Morgan fingerprint density at radius 2 is 2.11 bits per heavy atom. The minimum absolute atomic E-state index is 0.00480. The van der Waals surface area contributed by atoms with E-state index in [-0.39, 0.29) is 6.61 Å². The smallest absolute Gasteiger partial charge is 0.126 e. The zero-order chi connectivity index (χ0) is 12.5. The SMILES string of the molecule is Cc1ccc2sc(-c3cncc(CO)c3)nc2c1. The van der Waals surface area contributed by atoms with Crippen molar-refractivity contribution in [1.29, 1.82) is 0 Å². The van der Waals surface area contributed by atoms with E-state index in [1.807, 2.05) is 6.07 Å². The number of hydrogen-bond acceptors (Lipinski definition) is 4. The van der Waals surface area contributed by atoms with Gasteiger partial charge in [-0.3, -0.25) is 4.98 Å². The van der Waals surface area contributed by atoms with Crippen LogP contribution in [0.1, 0.15) is 11.1 Å². The largest absolute Gasteiger partial charge is 0.392 e. The first-order valence-corrected chi connectivity index (χ1v) is 6.50. The van der Waals surface area contributed by atoms with Gasteiger partial charge in [-0.25, -0.2) is 4.98 Å². The predicted octanol–water partition coefficient (Wildman–Crippen LogP) is 3.16. The minimum Gasteiger partial charge on any atom is -0.392 e. The van der Waals surface area contributed by atoms with Crippen LogP contribution in [0.2, 0.25) is 0 Å². The van der Waals surface area contributed by atoms with Gasteiger partial charge in [0.15, 0.2) is 0 Å². The van der Waals surface area contributed by atoms with Crippen molar-refractivity contribution in [3.8, 4) is 10.6 Å². The summed E-state index contributed by atoms with van der Waals surface area (Å²) in [6, 6.07) is 8.19. The van der Waals surface area contributed by atoms with Crippen LogP contribution in [0.4, 0.5) is 0 Å². The van der Waals surface area contributed by atoms with Gasteiger partial charge in [0.1, 0.15) is 5.01 Å². The maximum atomic E-state index is 9.13. The zero-order valence-electron chi connectivity index (χ0n) is 9.92. The number of aryl methyl sites for hydroxylation is 1. The molecule has 0 amide bonds. The first kappa shape index (κ1) is 11.3. The van der Waals surface area contributed by atoms with Crippen LogP contribution >= 0.6 is 11.3 Å². The van der Waals surface area contributed by atoms with Crippen LogP contribution in [0, 0.1) is 6.92 Å². The molecule has 2 heterocycles. The summed E-state index contributed by atoms with van der Waals surface area (Å²) in [7, 11) is 0. The van der Waals surface area contributed by atoms with E-state index in [2.05, 4.69) is 35.1 Å². The van der Waals surface area contributed by atoms with Crippen LogP contribution in [0.15, 0.2) is 36.7 Å². The van der Waals surface area contributed by atoms with Gasteiger partial charge in [0, 0.05) is 18.0 Å². The van der Waals surface area contributed by atoms with E-state index in [0.29, 0.717) is 0 Å². The third-order valence-electron chi connectivity index (χ3n) is 2.77. The summed E-state index contributed by atoms with van der Waals surface area (Å²) in [5, 5.41) is 10.1. The van der Waals surface area contributed by atoms with Crippen molar-refractivity contribution in [1.82, 2.24) is 9.97 Å². The van der Waals surface area contributed by atoms with Crippen LogP contribution in [-0.4, -0.2) is 15.1 Å². The zero-order valence-corrected chi connectivity index (χ0v) is 10.7. The van der Waals surface area contributed by atoms with Gasteiger partial charge in [-0.15, -0.1) is 11.3 Å². The first-order valence-electron chi connectivity index (χ1n) is 5.68. The van der Waals surface area contributed by atoms with Crippen molar-refractivity contribution >= 4 is 21.6 Å². The third kappa shape index (κ3) is 2.00. The van der Waals surface area contributed by atoms with Gasteiger partial charge in [0.2, 0.25) is 0 Å². The Bertz CT molecular complexity index is 706. The number of benzene rings is 1. The molecule has 4 heteroatoms. The number of thiazole rings is 1. The number of pyridine rings is 1. The highest BCUT2D eigenvalue weighted by Gasteiger charge is 2.07. The maximum absolute atomic E-state index is 9.13. The molecule has 0 aliphatic carbocycles. The van der Waals surface area contributed by atoms with Gasteiger partial charge >= 0.3 is 0 Å². The van der Waals surface area contributed by atoms with E-state index in [0.717, 1.165) is 21.7 Å². The molecule has 0 atom stereocenters. The number of rotatable bonds is 2. The molecule has 0 aliphatic heterocycles. The lowest BCUT2D eigenvalue weighted by Crippen LogP contribution is -1.86. The summed E-state index contributed by atoms with van der Waals surface area (Å²) in [4.78, 5) is 8.74. The quantitative estimate of drug-likeness (QED) is 0.766. The monoisotopic (exact) mass is 256 g/mol. The summed E-state index contributed by atoms with van der Waals surface area (Å²) < 4.78 is 1.17. The minimum atomic E-state index is 0.00480. The molecule has 0 spiro atoms. The molecule has 3 rings (SSSR count). The summed E-state index contributed by atoms with van der Waals surface area (Å²) in [5.74, 6) is 0. The Balaban J connectivity index is 2.13. The standard InChI is InChI=1S/C14H12N2OS/c1-9-2-3-13-12(4-9)16-14(18-13)11-5-10(8-17)6-15-7-11/h2-7,17H,8H2,1H3. The number of hydrogen-bond donors (Lipinski definition) is 1. The highest BCUT2D eigenvalue weighted by atomic mass is 32.1. The van der Waals surface area contributed by atoms with E-state index in [1.54, 1.807) is 23.7 Å². The van der Waals surface area contributed by atoms with E-state index >= 15 is 0 Å². The molecular weight excluding hydrogens is 244 g/mol. The molecular formula is C14H12N2OS. The molecule has 3 aromatic rings. The average Bonchev–Trinajstić information content (AvgIpc) is 2.81. The van der Waals surface area contributed by atoms with Crippen LogP contribution in [0.5, 0.6) is 0 Å². The molecule has 1 N–H and O–H groups in total. The lowest BCUT2D eigenvalue weighted by Gasteiger charge is -1.98. The Morgan fingerprint density at radius 3 is 2.94 bits per heavy atom. The summed E-state index contributed by atoms with van der Waals surface area (Å²) in [6.07, 6.45) is 3.45. The van der Waals surface area contributed by atoms with Gasteiger partial charge in [-0.1, -0.05) is 6.07 Å². The second-order valence-corrected chi connectivity index (χ2v) is 5.26. The molecule has 2 aromatic heterocycles. The number of aliphatic hydroxyl groups excluding tert-OH is 1. The van der Waals surface area contributed by atoms with Crippen molar-refractivity contribution in [3.05, 3.63) is 47.8 Å². The fraction of sp³-hybridized carbons (Fsp3) is 0.143. The lowest BCUT2D eigenvalue weighted by molar-refractivity contribution is 0.281. The molecule has 1 aromatic carbocycles. The lowest BCUT2D eigenvalue weighted by atomic mass is 10.2. The van der Waals surface area contributed by atoms with E-state index in [9.17, 15) is 0 Å². The molecule has 0 bridgehead atoms. The normalized spacial score (nSPS) is 11.0. The van der Waals surface area contributed by atoms with Crippen LogP contribution < -0.4 is 0 Å². The van der Waals surface area contributed by atoms with Gasteiger partial charge in [0.25, 0.3) is 0 Å². The summed E-state index contributed by atoms with van der Waals surface area (Å²) in [5.41, 5.74) is 3.99. The molecule has 0 saturated carbocycles. The number of fused-ring (bicyclic) bond motifs is 1. The topological polar surface area (TPSA) is 46.0 Å². The summed E-state index contributed by atoms with van der Waals surface area (Å²) in [6.45, 7) is 2.07. The Kier molecular flexibility index (Phi) is 2.81. The number of aromatic nitrogens is 2. The van der Waals surface area contributed by atoms with Gasteiger partial charge < -0.3 is 5.11 Å². The molecule has 0 aliphatic rings. The average molecular weight is 256 g/mol. The molecule has 0 radical (unpaired) electrons. The van der Waals surface area contributed by atoms with Gasteiger partial charge in [-0.05, 0) is 36.2 Å². The van der Waals surface area contributed by atoms with Crippen molar-refractivity contribution in [2.75, 3.05) is 0 Å². The van der Waals surface area contributed by atoms with Crippen molar-refractivity contribution in [2.24, 2.45) is 0 Å². The van der Waals surface area contributed by atoms with Crippen LogP contribution in [0.25, 0.3) is 20.8 Å². The Hall–Kier alpha value is -1.78. The molecule has 0 unspecified atom stereocenters. The van der Waals surface area contributed by atoms with Gasteiger partial charge in [0.05, 0.1) is 16.8 Å². The predicted molar refractivity (Wildman–Crippen MR) is 73.5 cm³/mol. The third-order valence-corrected chi connectivity index (χ3v) is 3.85.